The lowest BCUT2D eigenvalue weighted by Gasteiger charge is -2.10. The number of nitrogen functional groups attached to an aromatic ring is 1. The van der Waals surface area contributed by atoms with Gasteiger partial charge in [0.1, 0.15) is 0 Å². The summed E-state index contributed by atoms with van der Waals surface area (Å²) in [5, 5.41) is 3.04. The fourth-order valence-electron chi connectivity index (χ4n) is 2.72. The molecular weight excluding hydrogens is 290 g/mol. The van der Waals surface area contributed by atoms with Crippen LogP contribution in [0.15, 0.2) is 24.4 Å². The van der Waals surface area contributed by atoms with Crippen molar-refractivity contribution in [2.45, 2.75) is 18.1 Å². The Morgan fingerprint density at radius 1 is 1.43 bits per heavy atom. The van der Waals surface area contributed by atoms with Gasteiger partial charge in [-0.05, 0) is 31.0 Å². The van der Waals surface area contributed by atoms with Crippen LogP contribution < -0.4 is 11.1 Å². The highest BCUT2D eigenvalue weighted by Gasteiger charge is 2.31. The lowest BCUT2D eigenvalue weighted by molar-refractivity contribution is 0.0955. The number of nitrogens with two attached hydrogens (primary N) is 1. The molecule has 21 heavy (non-hydrogen) atoms. The van der Waals surface area contributed by atoms with Crippen molar-refractivity contribution in [2.75, 3.05) is 18.0 Å². The number of hydrogen-bond donors (Lipinski definition) is 3. The summed E-state index contributed by atoms with van der Waals surface area (Å²) in [6.45, 7) is 0.169. The highest BCUT2D eigenvalue weighted by Crippen LogP contribution is 2.22. The molecule has 1 saturated heterocycles. The van der Waals surface area contributed by atoms with Crippen LogP contribution in [0.25, 0.3) is 10.9 Å². The van der Waals surface area contributed by atoms with Crippen molar-refractivity contribution in [1.82, 2.24) is 10.3 Å². The van der Waals surface area contributed by atoms with Crippen LogP contribution in [0, 0.1) is 0 Å². The highest BCUT2D eigenvalue weighted by molar-refractivity contribution is 7.92. The molecule has 1 aromatic carbocycles. The number of hydrogen-bond acceptors (Lipinski definition) is 4. The summed E-state index contributed by atoms with van der Waals surface area (Å²) in [6.07, 6.45) is 2.91. The van der Waals surface area contributed by atoms with Crippen molar-refractivity contribution in [3.63, 3.8) is 0 Å². The number of H-pyrrole nitrogens is 1. The molecule has 0 radical (unpaired) electrons. The average Bonchev–Trinajstić information content (AvgIpc) is 2.98. The van der Waals surface area contributed by atoms with E-state index in [1.807, 2.05) is 0 Å². The summed E-state index contributed by atoms with van der Waals surface area (Å²) in [4.78, 5) is 15.2. The molecule has 1 aliphatic heterocycles. The molecule has 112 valence electrons. The SMILES string of the molecule is Nc1ccc2c(C(=O)NCC3CCCS3(=O)=O)c[nH]c2c1. The lowest BCUT2D eigenvalue weighted by atomic mass is 10.1. The van der Waals surface area contributed by atoms with Crippen molar-refractivity contribution in [3.05, 3.63) is 30.0 Å². The van der Waals surface area contributed by atoms with E-state index in [0.29, 0.717) is 24.1 Å². The second kappa shape index (κ2) is 5.07. The first-order valence-electron chi connectivity index (χ1n) is 6.84. The number of amides is 1. The second-order valence-corrected chi connectivity index (χ2v) is 7.75. The van der Waals surface area contributed by atoms with Crippen molar-refractivity contribution >= 4 is 32.3 Å². The van der Waals surface area contributed by atoms with Gasteiger partial charge in [0.2, 0.25) is 0 Å². The quantitative estimate of drug-likeness (QED) is 0.737. The Hall–Kier alpha value is -2.02. The largest absolute Gasteiger partial charge is 0.399 e. The monoisotopic (exact) mass is 307 g/mol. The number of carbonyl (C=O) groups excluding carboxylic acids is 1. The summed E-state index contributed by atoms with van der Waals surface area (Å²) >= 11 is 0. The van der Waals surface area contributed by atoms with Crippen molar-refractivity contribution in [3.8, 4) is 0 Å². The van der Waals surface area contributed by atoms with Gasteiger partial charge in [0.15, 0.2) is 9.84 Å². The Morgan fingerprint density at radius 3 is 2.95 bits per heavy atom. The Labute approximate surface area is 122 Å². The van der Waals surface area contributed by atoms with Crippen LogP contribution in [0.4, 0.5) is 5.69 Å². The van der Waals surface area contributed by atoms with Crippen LogP contribution in [0.1, 0.15) is 23.2 Å². The fourth-order valence-corrected chi connectivity index (χ4v) is 4.49. The van der Waals surface area contributed by atoms with Gasteiger partial charge < -0.3 is 16.0 Å². The van der Waals surface area contributed by atoms with Gasteiger partial charge in [-0.25, -0.2) is 8.42 Å². The molecule has 3 rings (SSSR count). The minimum absolute atomic E-state index is 0.169. The molecule has 1 unspecified atom stereocenters. The van der Waals surface area contributed by atoms with Crippen LogP contribution >= 0.6 is 0 Å². The van der Waals surface area contributed by atoms with Crippen LogP contribution in [0.2, 0.25) is 0 Å². The molecule has 1 fully saturated rings. The van der Waals surface area contributed by atoms with Gasteiger partial charge in [0, 0.05) is 29.3 Å². The summed E-state index contributed by atoms with van der Waals surface area (Å²) in [5.41, 5.74) is 7.60. The van der Waals surface area contributed by atoms with E-state index in [9.17, 15) is 13.2 Å². The maximum atomic E-state index is 12.2. The number of sulfone groups is 1. The van der Waals surface area contributed by atoms with Gasteiger partial charge in [-0.2, -0.15) is 0 Å². The Bertz CT molecular complexity index is 795. The predicted molar refractivity (Wildman–Crippen MR) is 81.9 cm³/mol. The molecule has 1 aromatic heterocycles. The standard InChI is InChI=1S/C14H17N3O3S/c15-9-3-4-11-12(8-16-13(11)6-9)14(18)17-7-10-2-1-5-21(10,19)20/h3-4,6,8,10,16H,1-2,5,7,15H2,(H,17,18). The average molecular weight is 307 g/mol. The number of aromatic nitrogens is 1. The van der Waals surface area contributed by atoms with Crippen LogP contribution in [0.5, 0.6) is 0 Å². The minimum Gasteiger partial charge on any atom is -0.399 e. The zero-order valence-electron chi connectivity index (χ0n) is 11.4. The Kier molecular flexibility index (Phi) is 3.36. The number of nitrogens with one attached hydrogen (secondary N) is 2. The molecular formula is C14H17N3O3S. The Balaban J connectivity index is 1.76. The number of benzene rings is 1. The van der Waals surface area contributed by atoms with E-state index in [0.717, 1.165) is 10.9 Å². The number of fused-ring (bicyclic) bond motifs is 1. The van der Waals surface area contributed by atoms with Gasteiger partial charge in [-0.1, -0.05) is 0 Å². The van der Waals surface area contributed by atoms with Crippen molar-refractivity contribution in [2.24, 2.45) is 0 Å². The van der Waals surface area contributed by atoms with Gasteiger partial charge >= 0.3 is 0 Å². The summed E-state index contributed by atoms with van der Waals surface area (Å²) in [6, 6.07) is 5.27. The zero-order valence-corrected chi connectivity index (χ0v) is 12.2. The van der Waals surface area contributed by atoms with E-state index >= 15 is 0 Å². The van der Waals surface area contributed by atoms with E-state index in [2.05, 4.69) is 10.3 Å². The molecule has 6 nitrogen and oxygen atoms in total. The van der Waals surface area contributed by atoms with E-state index < -0.39 is 15.1 Å². The molecule has 0 saturated carbocycles. The third-order valence-electron chi connectivity index (χ3n) is 3.90. The number of aromatic amines is 1. The molecule has 0 aliphatic carbocycles. The number of carbonyl (C=O) groups is 1. The molecule has 4 N–H and O–H groups in total. The topological polar surface area (TPSA) is 105 Å². The number of anilines is 1. The second-order valence-electron chi connectivity index (χ2n) is 5.35. The third-order valence-corrected chi connectivity index (χ3v) is 6.18. The van der Waals surface area contributed by atoms with E-state index in [1.165, 1.54) is 0 Å². The number of rotatable bonds is 3. The first-order chi connectivity index (χ1) is 9.97. The molecule has 1 atom stereocenters. The van der Waals surface area contributed by atoms with Crippen LogP contribution in [-0.2, 0) is 9.84 Å². The fraction of sp³-hybridized carbons (Fsp3) is 0.357. The minimum atomic E-state index is -3.04. The summed E-state index contributed by atoms with van der Waals surface area (Å²) < 4.78 is 23.5. The maximum absolute atomic E-state index is 12.2. The van der Waals surface area contributed by atoms with Crippen LogP contribution in [0.3, 0.4) is 0 Å². The first-order valence-corrected chi connectivity index (χ1v) is 8.55. The zero-order chi connectivity index (χ0) is 15.0. The molecule has 2 aromatic rings. The molecule has 7 heteroatoms. The maximum Gasteiger partial charge on any atom is 0.253 e. The predicted octanol–water partition coefficient (Wildman–Crippen LogP) is 1.06. The molecule has 0 spiro atoms. The highest BCUT2D eigenvalue weighted by atomic mass is 32.2. The lowest BCUT2D eigenvalue weighted by Crippen LogP contribution is -2.34. The van der Waals surface area contributed by atoms with Gasteiger partial charge in [-0.15, -0.1) is 0 Å². The normalized spacial score (nSPS) is 20.7. The molecule has 0 bridgehead atoms. The molecule has 1 amide bonds. The summed E-state index contributed by atoms with van der Waals surface area (Å²) in [7, 11) is -3.04. The van der Waals surface area contributed by atoms with Gasteiger partial charge in [0.05, 0.1) is 16.6 Å². The van der Waals surface area contributed by atoms with E-state index in [1.54, 1.807) is 24.4 Å². The third kappa shape index (κ3) is 2.61. The van der Waals surface area contributed by atoms with Crippen molar-refractivity contribution < 1.29 is 13.2 Å². The first kappa shape index (κ1) is 13.9. The van der Waals surface area contributed by atoms with Gasteiger partial charge in [0.25, 0.3) is 5.91 Å². The smallest absolute Gasteiger partial charge is 0.253 e. The molecule has 2 heterocycles. The van der Waals surface area contributed by atoms with Crippen LogP contribution in [-0.4, -0.2) is 36.9 Å². The van der Waals surface area contributed by atoms with Gasteiger partial charge in [-0.3, -0.25) is 4.79 Å². The molecule has 1 aliphatic rings. The van der Waals surface area contributed by atoms with Crippen molar-refractivity contribution in [1.29, 1.82) is 0 Å². The summed E-state index contributed by atoms with van der Waals surface area (Å²) in [5.74, 6) is -0.0481. The van der Waals surface area contributed by atoms with E-state index in [-0.39, 0.29) is 18.2 Å². The van der Waals surface area contributed by atoms with E-state index in [4.69, 9.17) is 5.73 Å². The Morgan fingerprint density at radius 2 is 2.24 bits per heavy atom.